The van der Waals surface area contributed by atoms with Gasteiger partial charge in [0.25, 0.3) is 0 Å². The quantitative estimate of drug-likeness (QED) is 0.416. The van der Waals surface area contributed by atoms with Crippen LogP contribution in [0.3, 0.4) is 0 Å². The molecule has 0 radical (unpaired) electrons. The number of thioether (sulfide) groups is 1. The normalized spacial score (nSPS) is 12.3. The highest BCUT2D eigenvalue weighted by Gasteiger charge is 2.18. The van der Waals surface area contributed by atoms with Crippen LogP contribution in [0.15, 0.2) is 54.7 Å². The van der Waals surface area contributed by atoms with E-state index in [4.69, 9.17) is 4.74 Å². The zero-order valence-electron chi connectivity index (χ0n) is 17.2. The van der Waals surface area contributed by atoms with Crippen molar-refractivity contribution in [2.45, 2.75) is 25.4 Å². The van der Waals surface area contributed by atoms with Crippen molar-refractivity contribution in [2.75, 3.05) is 19.1 Å². The third-order valence-corrected chi connectivity index (χ3v) is 5.89. The molecule has 1 amide bonds. The van der Waals surface area contributed by atoms with E-state index in [1.54, 1.807) is 18.9 Å². The number of imidazole rings is 1. The molecule has 0 spiro atoms. The number of fused-ring (bicyclic) bond motifs is 2. The van der Waals surface area contributed by atoms with Gasteiger partial charge < -0.3 is 19.6 Å². The Hall–Kier alpha value is -2.93. The minimum atomic E-state index is -0.122. The lowest BCUT2D eigenvalue weighted by Crippen LogP contribution is -2.30. The fourth-order valence-corrected chi connectivity index (χ4v) is 4.11. The number of rotatable bonds is 9. The number of amides is 1. The first kappa shape index (κ1) is 20.3. The van der Waals surface area contributed by atoms with Crippen molar-refractivity contribution < 1.29 is 9.53 Å². The molecule has 4 aromatic rings. The average Bonchev–Trinajstić information content (AvgIpc) is 3.38. The summed E-state index contributed by atoms with van der Waals surface area (Å²) < 4.78 is 7.39. The number of hydrogen-bond donors (Lipinski definition) is 2. The Morgan fingerprint density at radius 1 is 1.27 bits per heavy atom. The van der Waals surface area contributed by atoms with Gasteiger partial charge in [-0.05, 0) is 54.8 Å². The summed E-state index contributed by atoms with van der Waals surface area (Å²) in [5, 5.41) is 4.28. The number of para-hydroxylation sites is 2. The molecule has 156 valence electrons. The molecule has 0 aliphatic carbocycles. The van der Waals surface area contributed by atoms with Crippen LogP contribution in [-0.2, 0) is 11.3 Å². The zero-order chi connectivity index (χ0) is 20.9. The van der Waals surface area contributed by atoms with Crippen molar-refractivity contribution >= 4 is 39.6 Å². The van der Waals surface area contributed by atoms with Gasteiger partial charge in [0.1, 0.15) is 11.6 Å². The maximum Gasteiger partial charge on any atom is 0.222 e. The number of ether oxygens (including phenoxy) is 1. The predicted octanol–water partition coefficient (Wildman–Crippen LogP) is 4.53. The number of nitrogens with zero attached hydrogens (tertiary/aromatic N) is 2. The number of carbonyl (C=O) groups is 1. The van der Waals surface area contributed by atoms with Crippen LogP contribution in [0.4, 0.5) is 0 Å². The number of methoxy groups -OCH3 is 1. The van der Waals surface area contributed by atoms with Gasteiger partial charge in [0.2, 0.25) is 5.91 Å². The maximum absolute atomic E-state index is 12.7. The molecule has 0 saturated carbocycles. The Balaban J connectivity index is 1.43. The van der Waals surface area contributed by atoms with Gasteiger partial charge in [-0.2, -0.15) is 11.8 Å². The molecule has 6 nitrogen and oxygen atoms in total. The smallest absolute Gasteiger partial charge is 0.222 e. The van der Waals surface area contributed by atoms with Crippen molar-refractivity contribution in [1.82, 2.24) is 19.9 Å². The minimum Gasteiger partial charge on any atom is -0.497 e. The monoisotopic (exact) mass is 422 g/mol. The Morgan fingerprint density at radius 2 is 2.13 bits per heavy atom. The van der Waals surface area contributed by atoms with Crippen molar-refractivity contribution in [3.05, 3.63) is 60.6 Å². The second kappa shape index (κ2) is 9.26. The van der Waals surface area contributed by atoms with Crippen LogP contribution < -0.4 is 10.1 Å². The van der Waals surface area contributed by atoms with Crippen LogP contribution in [0.25, 0.3) is 21.9 Å². The maximum atomic E-state index is 12.7. The summed E-state index contributed by atoms with van der Waals surface area (Å²) in [6.07, 6.45) is 5.33. The summed E-state index contributed by atoms with van der Waals surface area (Å²) >= 11 is 1.77. The van der Waals surface area contributed by atoms with Crippen molar-refractivity contribution in [2.24, 2.45) is 0 Å². The largest absolute Gasteiger partial charge is 0.497 e. The van der Waals surface area contributed by atoms with Gasteiger partial charge in [-0.3, -0.25) is 4.79 Å². The van der Waals surface area contributed by atoms with Gasteiger partial charge in [0, 0.05) is 30.1 Å². The number of hydrogen-bond acceptors (Lipinski definition) is 4. The Labute approximate surface area is 180 Å². The second-order valence-electron chi connectivity index (χ2n) is 7.22. The standard InChI is InChI=1S/C23H26N4O2S/c1-29-17-7-8-21-16(15-17)9-12-27(21)13-10-22(28)24-20(11-14-30-2)23-25-18-5-3-4-6-19(18)26-23/h3-9,12,15,20H,10-11,13-14H2,1-2H3,(H,24,28)(H,25,26). The molecule has 2 aromatic heterocycles. The number of aromatic amines is 1. The van der Waals surface area contributed by atoms with E-state index in [0.717, 1.165) is 45.7 Å². The first-order chi connectivity index (χ1) is 14.7. The van der Waals surface area contributed by atoms with Gasteiger partial charge in [0.05, 0.1) is 24.2 Å². The summed E-state index contributed by atoms with van der Waals surface area (Å²) in [7, 11) is 1.66. The molecular weight excluding hydrogens is 396 g/mol. The Morgan fingerprint density at radius 3 is 2.93 bits per heavy atom. The van der Waals surface area contributed by atoms with Crippen LogP contribution in [-0.4, -0.2) is 39.6 Å². The lowest BCUT2D eigenvalue weighted by atomic mass is 10.2. The number of nitrogens with one attached hydrogen (secondary N) is 2. The van der Waals surface area contributed by atoms with E-state index in [1.165, 1.54) is 0 Å². The van der Waals surface area contributed by atoms with Crippen LogP contribution >= 0.6 is 11.8 Å². The Bertz CT molecular complexity index is 1120. The van der Waals surface area contributed by atoms with Gasteiger partial charge in [-0.1, -0.05) is 12.1 Å². The summed E-state index contributed by atoms with van der Waals surface area (Å²) in [5.74, 6) is 2.63. The molecule has 2 N–H and O–H groups in total. The molecule has 1 atom stereocenters. The van der Waals surface area contributed by atoms with Crippen molar-refractivity contribution in [3.8, 4) is 5.75 Å². The molecule has 7 heteroatoms. The highest BCUT2D eigenvalue weighted by Crippen LogP contribution is 2.23. The van der Waals surface area contributed by atoms with E-state index in [0.29, 0.717) is 13.0 Å². The zero-order valence-corrected chi connectivity index (χ0v) is 18.0. The molecule has 0 bridgehead atoms. The number of benzene rings is 2. The average molecular weight is 423 g/mol. The third-order valence-electron chi connectivity index (χ3n) is 5.24. The molecule has 30 heavy (non-hydrogen) atoms. The van der Waals surface area contributed by atoms with E-state index < -0.39 is 0 Å². The summed E-state index contributed by atoms with van der Waals surface area (Å²) in [5.41, 5.74) is 3.01. The number of aryl methyl sites for hydroxylation is 1. The van der Waals surface area contributed by atoms with E-state index in [2.05, 4.69) is 26.1 Å². The molecule has 1 unspecified atom stereocenters. The molecule has 0 fully saturated rings. The molecule has 0 saturated heterocycles. The Kier molecular flexibility index (Phi) is 6.28. The molecule has 4 rings (SSSR count). The van der Waals surface area contributed by atoms with Gasteiger partial charge >= 0.3 is 0 Å². The van der Waals surface area contributed by atoms with Crippen LogP contribution in [0, 0.1) is 0 Å². The lowest BCUT2D eigenvalue weighted by Gasteiger charge is -2.16. The lowest BCUT2D eigenvalue weighted by molar-refractivity contribution is -0.122. The van der Waals surface area contributed by atoms with E-state index in [9.17, 15) is 4.79 Å². The third kappa shape index (κ3) is 4.46. The van der Waals surface area contributed by atoms with Gasteiger partial charge in [0.15, 0.2) is 0 Å². The first-order valence-corrected chi connectivity index (χ1v) is 11.4. The molecule has 0 aliphatic heterocycles. The van der Waals surface area contributed by atoms with Crippen molar-refractivity contribution in [3.63, 3.8) is 0 Å². The van der Waals surface area contributed by atoms with Crippen molar-refractivity contribution in [1.29, 1.82) is 0 Å². The summed E-state index contributed by atoms with van der Waals surface area (Å²) in [6.45, 7) is 0.622. The highest BCUT2D eigenvalue weighted by molar-refractivity contribution is 7.98. The molecular formula is C23H26N4O2S. The topological polar surface area (TPSA) is 71.9 Å². The van der Waals surface area contributed by atoms with Gasteiger partial charge in [-0.15, -0.1) is 0 Å². The fourth-order valence-electron chi connectivity index (χ4n) is 3.64. The van der Waals surface area contributed by atoms with E-state index in [1.807, 2.05) is 54.7 Å². The fraction of sp³-hybridized carbons (Fsp3) is 0.304. The molecule has 2 heterocycles. The van der Waals surface area contributed by atoms with Crippen LogP contribution in [0.1, 0.15) is 24.7 Å². The SMILES string of the molecule is COc1ccc2c(ccn2CCC(=O)NC(CCSC)c2nc3ccccc3[nH]2)c1. The predicted molar refractivity (Wildman–Crippen MR) is 123 cm³/mol. The number of aromatic nitrogens is 3. The van der Waals surface area contributed by atoms with E-state index in [-0.39, 0.29) is 11.9 Å². The number of carbonyl (C=O) groups excluding carboxylic acids is 1. The summed E-state index contributed by atoms with van der Waals surface area (Å²) in [6, 6.07) is 15.8. The van der Waals surface area contributed by atoms with Crippen LogP contribution in [0.2, 0.25) is 0 Å². The van der Waals surface area contributed by atoms with Gasteiger partial charge in [-0.25, -0.2) is 4.98 Å². The first-order valence-electron chi connectivity index (χ1n) is 10.0. The second-order valence-corrected chi connectivity index (χ2v) is 8.21. The molecule has 2 aromatic carbocycles. The summed E-state index contributed by atoms with van der Waals surface area (Å²) in [4.78, 5) is 20.8. The minimum absolute atomic E-state index is 0.0249. The van der Waals surface area contributed by atoms with Crippen LogP contribution in [0.5, 0.6) is 5.75 Å². The highest BCUT2D eigenvalue weighted by atomic mass is 32.2. The molecule has 0 aliphatic rings. The van der Waals surface area contributed by atoms with E-state index >= 15 is 0 Å². The number of H-pyrrole nitrogens is 1.